The second kappa shape index (κ2) is 7.15. The number of fused-ring (bicyclic) bond motifs is 1. The number of nitrogens with zero attached hydrogens (tertiary/aromatic N) is 2. The number of nitrogens with one attached hydrogen (secondary N) is 1. The zero-order valence-electron chi connectivity index (χ0n) is 14.5. The monoisotopic (exact) mass is 359 g/mol. The third-order valence-corrected chi connectivity index (χ3v) is 4.79. The van der Waals surface area contributed by atoms with E-state index in [4.69, 9.17) is 0 Å². The second-order valence-electron chi connectivity index (χ2n) is 6.82. The highest BCUT2D eigenvalue weighted by molar-refractivity contribution is 6.21. The van der Waals surface area contributed by atoms with Gasteiger partial charge in [-0.1, -0.05) is 19.1 Å². The summed E-state index contributed by atoms with van der Waals surface area (Å²) in [4.78, 5) is 50.6. The van der Waals surface area contributed by atoms with E-state index in [1.165, 1.54) is 4.90 Å². The van der Waals surface area contributed by atoms with Crippen LogP contribution in [0.25, 0.3) is 0 Å². The molecule has 2 aliphatic heterocycles. The summed E-state index contributed by atoms with van der Waals surface area (Å²) in [6.07, 6.45) is 0.550. The number of rotatable bonds is 4. The normalized spacial score (nSPS) is 22.3. The lowest BCUT2D eigenvalue weighted by molar-refractivity contribution is -0.143. The minimum atomic E-state index is -0.902. The first-order chi connectivity index (χ1) is 12.4. The molecular weight excluding hydrogens is 338 g/mol. The van der Waals surface area contributed by atoms with E-state index in [1.54, 1.807) is 24.3 Å². The molecule has 8 nitrogen and oxygen atoms in total. The van der Waals surface area contributed by atoms with Crippen LogP contribution in [0.2, 0.25) is 0 Å². The highest BCUT2D eigenvalue weighted by Crippen LogP contribution is 2.23. The molecule has 1 fully saturated rings. The Labute approximate surface area is 150 Å². The van der Waals surface area contributed by atoms with Crippen molar-refractivity contribution in [3.63, 3.8) is 0 Å². The van der Waals surface area contributed by atoms with Crippen LogP contribution in [0.3, 0.4) is 0 Å². The molecule has 3 rings (SSSR count). The molecule has 138 valence electrons. The number of hydrogen-bond donors (Lipinski definition) is 2. The lowest BCUT2D eigenvalue weighted by Gasteiger charge is -2.34. The van der Waals surface area contributed by atoms with Gasteiger partial charge >= 0.3 is 12.0 Å². The molecule has 1 aromatic rings. The highest BCUT2D eigenvalue weighted by atomic mass is 16.4. The predicted octanol–water partition coefficient (Wildman–Crippen LogP) is 1.03. The Balaban J connectivity index is 1.54. The van der Waals surface area contributed by atoms with Crippen molar-refractivity contribution in [3.05, 3.63) is 35.4 Å². The maximum absolute atomic E-state index is 12.3. The number of urea groups is 1. The number of carboxylic acid groups (broad SMARTS) is 1. The quantitative estimate of drug-likeness (QED) is 0.781. The highest BCUT2D eigenvalue weighted by Gasteiger charge is 2.35. The van der Waals surface area contributed by atoms with Gasteiger partial charge in [0.1, 0.15) is 0 Å². The summed E-state index contributed by atoms with van der Waals surface area (Å²) in [5, 5.41) is 11.9. The minimum absolute atomic E-state index is 0.0733. The first kappa shape index (κ1) is 17.9. The summed E-state index contributed by atoms with van der Waals surface area (Å²) in [7, 11) is 0. The van der Waals surface area contributed by atoms with E-state index in [0.29, 0.717) is 24.1 Å². The van der Waals surface area contributed by atoms with Crippen LogP contribution in [0.4, 0.5) is 4.79 Å². The molecule has 8 heteroatoms. The lowest BCUT2D eigenvalue weighted by Crippen LogP contribution is -2.50. The molecule has 2 N–H and O–H groups in total. The van der Waals surface area contributed by atoms with Crippen LogP contribution in [-0.4, -0.2) is 64.9 Å². The number of amides is 4. The first-order valence-electron chi connectivity index (χ1n) is 8.59. The zero-order chi connectivity index (χ0) is 18.8. The first-order valence-corrected chi connectivity index (χ1v) is 8.59. The Morgan fingerprint density at radius 1 is 1.15 bits per heavy atom. The van der Waals surface area contributed by atoms with Crippen molar-refractivity contribution in [1.29, 1.82) is 0 Å². The van der Waals surface area contributed by atoms with Crippen LogP contribution in [0, 0.1) is 11.8 Å². The molecule has 0 spiro atoms. The van der Waals surface area contributed by atoms with Gasteiger partial charge in [-0.3, -0.25) is 19.3 Å². The van der Waals surface area contributed by atoms with Crippen LogP contribution in [0.5, 0.6) is 0 Å². The van der Waals surface area contributed by atoms with Crippen molar-refractivity contribution < 1.29 is 24.3 Å². The molecule has 0 radical (unpaired) electrons. The standard InChI is InChI=1S/C18H21N3O5/c1-11-8-12(17(24)25)10-20(9-11)18(26)19-6-7-21-15(22)13-4-2-3-5-14(13)16(21)23/h2-5,11-12H,6-10H2,1H3,(H,19,26)(H,24,25). The molecule has 26 heavy (non-hydrogen) atoms. The Morgan fingerprint density at radius 2 is 1.77 bits per heavy atom. The van der Waals surface area contributed by atoms with Gasteiger partial charge in [-0.05, 0) is 24.5 Å². The van der Waals surface area contributed by atoms with Crippen molar-refractivity contribution in [2.45, 2.75) is 13.3 Å². The van der Waals surface area contributed by atoms with Gasteiger partial charge in [-0.2, -0.15) is 0 Å². The number of hydrogen-bond acceptors (Lipinski definition) is 4. The second-order valence-corrected chi connectivity index (χ2v) is 6.82. The summed E-state index contributed by atoms with van der Waals surface area (Å²) < 4.78 is 0. The number of benzene rings is 1. The topological polar surface area (TPSA) is 107 Å². The molecule has 0 saturated carbocycles. The third kappa shape index (κ3) is 3.40. The Kier molecular flexibility index (Phi) is 4.92. The van der Waals surface area contributed by atoms with E-state index < -0.39 is 11.9 Å². The molecule has 0 aromatic heterocycles. The maximum Gasteiger partial charge on any atom is 0.317 e. The molecule has 1 saturated heterocycles. The van der Waals surface area contributed by atoms with Gasteiger partial charge in [-0.15, -0.1) is 0 Å². The fourth-order valence-corrected chi connectivity index (χ4v) is 3.52. The molecule has 0 aliphatic carbocycles. The number of carboxylic acids is 1. The van der Waals surface area contributed by atoms with Gasteiger partial charge in [0.25, 0.3) is 11.8 Å². The van der Waals surface area contributed by atoms with Crippen molar-refractivity contribution in [2.24, 2.45) is 11.8 Å². The van der Waals surface area contributed by atoms with E-state index in [2.05, 4.69) is 5.32 Å². The summed E-state index contributed by atoms with van der Waals surface area (Å²) in [6.45, 7) is 2.76. The van der Waals surface area contributed by atoms with E-state index in [0.717, 1.165) is 4.90 Å². The largest absolute Gasteiger partial charge is 0.481 e. The molecule has 4 amide bonds. The number of aliphatic carboxylic acids is 1. The summed E-state index contributed by atoms with van der Waals surface area (Å²) in [6, 6.07) is 6.24. The zero-order valence-corrected chi connectivity index (χ0v) is 14.5. The molecule has 2 unspecified atom stereocenters. The van der Waals surface area contributed by atoms with Gasteiger partial charge in [0, 0.05) is 26.2 Å². The van der Waals surface area contributed by atoms with E-state index in [9.17, 15) is 24.3 Å². The smallest absolute Gasteiger partial charge is 0.317 e. The van der Waals surface area contributed by atoms with Crippen LogP contribution in [0.1, 0.15) is 34.1 Å². The molecular formula is C18H21N3O5. The third-order valence-electron chi connectivity index (χ3n) is 4.79. The fourth-order valence-electron chi connectivity index (χ4n) is 3.52. The van der Waals surface area contributed by atoms with Crippen LogP contribution in [0.15, 0.2) is 24.3 Å². The fraction of sp³-hybridized carbons (Fsp3) is 0.444. The van der Waals surface area contributed by atoms with Crippen molar-refractivity contribution in [2.75, 3.05) is 26.2 Å². The number of imide groups is 1. The van der Waals surface area contributed by atoms with Crippen LogP contribution < -0.4 is 5.32 Å². The van der Waals surface area contributed by atoms with Crippen molar-refractivity contribution in [1.82, 2.24) is 15.1 Å². The summed E-state index contributed by atoms with van der Waals surface area (Å²) in [5.41, 5.74) is 0.746. The number of carbonyl (C=O) groups is 4. The van der Waals surface area contributed by atoms with Gasteiger partial charge < -0.3 is 15.3 Å². The summed E-state index contributed by atoms with van der Waals surface area (Å²) >= 11 is 0. The number of likely N-dealkylation sites (tertiary alicyclic amines) is 1. The van der Waals surface area contributed by atoms with Gasteiger partial charge in [0.05, 0.1) is 17.0 Å². The number of piperidine rings is 1. The van der Waals surface area contributed by atoms with Gasteiger partial charge in [0.15, 0.2) is 0 Å². The molecule has 2 aliphatic rings. The Bertz CT molecular complexity index is 728. The number of carbonyl (C=O) groups excluding carboxylic acids is 3. The predicted molar refractivity (Wildman–Crippen MR) is 91.7 cm³/mol. The Hall–Kier alpha value is -2.90. The lowest BCUT2D eigenvalue weighted by atomic mass is 9.91. The average molecular weight is 359 g/mol. The van der Waals surface area contributed by atoms with E-state index in [1.807, 2.05) is 6.92 Å². The average Bonchev–Trinajstić information content (AvgIpc) is 2.86. The molecule has 0 bridgehead atoms. The van der Waals surface area contributed by atoms with E-state index in [-0.39, 0.29) is 43.4 Å². The molecule has 2 atom stereocenters. The van der Waals surface area contributed by atoms with E-state index >= 15 is 0 Å². The molecule has 2 heterocycles. The van der Waals surface area contributed by atoms with Crippen LogP contribution >= 0.6 is 0 Å². The Morgan fingerprint density at radius 3 is 2.35 bits per heavy atom. The van der Waals surface area contributed by atoms with Gasteiger partial charge in [0.2, 0.25) is 0 Å². The minimum Gasteiger partial charge on any atom is -0.481 e. The summed E-state index contributed by atoms with van der Waals surface area (Å²) in [5.74, 6) is -2.09. The molecule has 1 aromatic carbocycles. The maximum atomic E-state index is 12.3. The van der Waals surface area contributed by atoms with Crippen molar-refractivity contribution in [3.8, 4) is 0 Å². The van der Waals surface area contributed by atoms with Crippen LogP contribution in [-0.2, 0) is 4.79 Å². The van der Waals surface area contributed by atoms with Crippen molar-refractivity contribution >= 4 is 23.8 Å². The van der Waals surface area contributed by atoms with Gasteiger partial charge in [-0.25, -0.2) is 4.79 Å². The SMILES string of the molecule is CC1CC(C(=O)O)CN(C(=O)NCCN2C(=O)c3ccccc3C2=O)C1.